The number of nitrogens with zero attached hydrogens (tertiary/aromatic N) is 3. The lowest BCUT2D eigenvalue weighted by Crippen LogP contribution is -2.50. The maximum atomic E-state index is 13.1. The minimum atomic E-state index is -3.69. The number of likely N-dealkylation sites (tertiary alicyclic amines) is 2. The summed E-state index contributed by atoms with van der Waals surface area (Å²) in [5, 5.41) is 3.12. The lowest BCUT2D eigenvalue weighted by atomic mass is 9.98. The maximum Gasteiger partial charge on any atom is 0.243 e. The fourth-order valence-corrected chi connectivity index (χ4v) is 6.61. The van der Waals surface area contributed by atoms with Crippen molar-refractivity contribution in [3.63, 3.8) is 0 Å². The molecule has 8 nitrogen and oxygen atoms in total. The number of hydrogen-bond acceptors (Lipinski definition) is 6. The molecule has 1 aromatic carbocycles. The average molecular weight is 481 g/mol. The number of rotatable bonds is 8. The molecule has 1 amide bonds. The van der Waals surface area contributed by atoms with Crippen LogP contribution in [0.15, 0.2) is 17.0 Å². The summed E-state index contributed by atoms with van der Waals surface area (Å²) >= 11 is 0. The van der Waals surface area contributed by atoms with Crippen molar-refractivity contribution in [3.05, 3.63) is 23.3 Å². The van der Waals surface area contributed by atoms with E-state index in [-0.39, 0.29) is 29.8 Å². The van der Waals surface area contributed by atoms with E-state index in [1.807, 2.05) is 0 Å². The minimum Gasteiger partial charge on any atom is -0.497 e. The Hall–Kier alpha value is -1.68. The Morgan fingerprint density at radius 3 is 2.21 bits per heavy atom. The number of methoxy groups -OCH3 is 1. The molecule has 0 aliphatic carbocycles. The van der Waals surface area contributed by atoms with Gasteiger partial charge >= 0.3 is 0 Å². The van der Waals surface area contributed by atoms with Gasteiger partial charge in [0.15, 0.2) is 0 Å². The third kappa shape index (κ3) is 6.47. The second-order valence-electron chi connectivity index (χ2n) is 9.58. The molecule has 0 bridgehead atoms. The number of amides is 1. The van der Waals surface area contributed by atoms with Gasteiger partial charge in [0.05, 0.1) is 12.0 Å². The Morgan fingerprint density at radius 1 is 1.09 bits per heavy atom. The predicted octanol–water partition coefficient (Wildman–Crippen LogP) is 2.00. The molecule has 2 aliphatic heterocycles. The first-order valence-corrected chi connectivity index (χ1v) is 13.4. The number of carbonyl (C=O) groups is 1. The van der Waals surface area contributed by atoms with Crippen molar-refractivity contribution in [1.82, 2.24) is 19.4 Å². The van der Waals surface area contributed by atoms with E-state index in [0.717, 1.165) is 39.0 Å². The van der Waals surface area contributed by atoms with Crippen LogP contribution in [-0.2, 0) is 14.8 Å². The van der Waals surface area contributed by atoms with Crippen LogP contribution in [0.1, 0.15) is 43.2 Å². The molecule has 2 saturated heterocycles. The summed E-state index contributed by atoms with van der Waals surface area (Å²) in [6.45, 7) is 8.03. The van der Waals surface area contributed by atoms with Gasteiger partial charge < -0.3 is 19.9 Å². The monoisotopic (exact) mass is 480 g/mol. The van der Waals surface area contributed by atoms with Crippen molar-refractivity contribution in [2.24, 2.45) is 0 Å². The molecule has 1 N–H and O–H groups in total. The van der Waals surface area contributed by atoms with E-state index in [1.165, 1.54) is 24.2 Å². The quantitative estimate of drug-likeness (QED) is 0.613. The second kappa shape index (κ2) is 11.2. The van der Waals surface area contributed by atoms with Crippen molar-refractivity contribution in [1.29, 1.82) is 0 Å². The third-order valence-electron chi connectivity index (χ3n) is 7.09. The van der Waals surface area contributed by atoms with Gasteiger partial charge in [0.25, 0.3) is 0 Å². The Morgan fingerprint density at radius 2 is 1.67 bits per heavy atom. The molecule has 2 aliphatic rings. The molecule has 0 unspecified atom stereocenters. The summed E-state index contributed by atoms with van der Waals surface area (Å²) in [5.41, 5.74) is 1.28. The highest BCUT2D eigenvalue weighted by molar-refractivity contribution is 7.89. The minimum absolute atomic E-state index is 0.0852. The zero-order valence-electron chi connectivity index (χ0n) is 20.8. The molecule has 0 saturated carbocycles. The fraction of sp³-hybridized carbons (Fsp3) is 0.708. The average Bonchev–Trinajstić information content (AvgIpc) is 2.77. The second-order valence-corrected chi connectivity index (χ2v) is 11.6. The number of nitrogens with one attached hydrogen (secondary N) is 1. The van der Waals surface area contributed by atoms with Crippen molar-refractivity contribution >= 4 is 15.9 Å². The molecule has 0 radical (unpaired) electrons. The molecule has 9 heteroatoms. The molecular weight excluding hydrogens is 440 g/mol. The fourth-order valence-electron chi connectivity index (χ4n) is 5.04. The summed E-state index contributed by atoms with van der Waals surface area (Å²) in [6, 6.07) is 4.28. The van der Waals surface area contributed by atoms with Crippen LogP contribution in [-0.4, -0.2) is 94.4 Å². The predicted molar refractivity (Wildman–Crippen MR) is 130 cm³/mol. The normalized spacial score (nSPS) is 19.7. The van der Waals surface area contributed by atoms with Crippen LogP contribution in [0.4, 0.5) is 0 Å². The highest BCUT2D eigenvalue weighted by Crippen LogP contribution is 2.28. The van der Waals surface area contributed by atoms with Crippen LogP contribution < -0.4 is 10.1 Å². The largest absolute Gasteiger partial charge is 0.497 e. The van der Waals surface area contributed by atoms with Gasteiger partial charge in [-0.2, -0.15) is 0 Å². The number of ether oxygens (including phenoxy) is 1. The Labute approximate surface area is 199 Å². The van der Waals surface area contributed by atoms with Gasteiger partial charge in [-0.15, -0.1) is 0 Å². The topological polar surface area (TPSA) is 82.2 Å². The summed E-state index contributed by atoms with van der Waals surface area (Å²) in [4.78, 5) is 17.8. The van der Waals surface area contributed by atoms with Crippen molar-refractivity contribution in [2.45, 2.75) is 62.9 Å². The molecule has 186 valence electrons. The zero-order chi connectivity index (χ0) is 24.2. The lowest BCUT2D eigenvalue weighted by Gasteiger charge is -2.41. The first-order chi connectivity index (χ1) is 15.6. The first kappa shape index (κ1) is 25.9. The van der Waals surface area contributed by atoms with Crippen LogP contribution in [0.3, 0.4) is 0 Å². The van der Waals surface area contributed by atoms with Gasteiger partial charge in [0, 0.05) is 45.2 Å². The van der Waals surface area contributed by atoms with Crippen LogP contribution in [0.2, 0.25) is 0 Å². The summed E-state index contributed by atoms with van der Waals surface area (Å²) in [6.07, 6.45) is 4.51. The molecule has 1 aromatic rings. The van der Waals surface area contributed by atoms with Crippen LogP contribution >= 0.6 is 0 Å². The molecule has 2 heterocycles. The van der Waals surface area contributed by atoms with Gasteiger partial charge in [-0.05, 0) is 82.9 Å². The van der Waals surface area contributed by atoms with E-state index in [4.69, 9.17) is 4.74 Å². The van der Waals surface area contributed by atoms with Gasteiger partial charge in [-0.1, -0.05) is 0 Å². The Kier molecular flexibility index (Phi) is 8.77. The number of benzene rings is 1. The van der Waals surface area contributed by atoms with E-state index in [0.29, 0.717) is 22.9 Å². The van der Waals surface area contributed by atoms with Crippen molar-refractivity contribution in [2.75, 3.05) is 53.9 Å². The third-order valence-corrected chi connectivity index (χ3v) is 9.25. The van der Waals surface area contributed by atoms with E-state index in [9.17, 15) is 13.2 Å². The molecule has 2 fully saturated rings. The van der Waals surface area contributed by atoms with Crippen LogP contribution in [0.25, 0.3) is 0 Å². The zero-order valence-corrected chi connectivity index (χ0v) is 21.6. The molecule has 0 aromatic heterocycles. The highest BCUT2D eigenvalue weighted by atomic mass is 32.2. The standard InChI is InChI=1S/C24H40N4O4S/c1-18-16-22(32-5)17-19(2)24(18)33(30,31)27(4)13-10-23(29)25-20-6-14-28(15-7-20)21-8-11-26(3)12-9-21/h16-17,20-21H,6-15H2,1-5H3,(H,25,29). The summed E-state index contributed by atoms with van der Waals surface area (Å²) in [5.74, 6) is 0.547. The van der Waals surface area contributed by atoms with Gasteiger partial charge in [0.2, 0.25) is 15.9 Å². The van der Waals surface area contributed by atoms with Crippen molar-refractivity contribution < 1.29 is 17.9 Å². The molecule has 0 atom stereocenters. The van der Waals surface area contributed by atoms with Gasteiger partial charge in [-0.3, -0.25) is 4.79 Å². The number of aryl methyl sites for hydroxylation is 2. The highest BCUT2D eigenvalue weighted by Gasteiger charge is 2.29. The SMILES string of the molecule is COc1cc(C)c(S(=O)(=O)N(C)CCC(=O)NC2CCN(C3CCN(C)CC3)CC2)c(C)c1. The van der Waals surface area contributed by atoms with Gasteiger partial charge in [-0.25, -0.2) is 12.7 Å². The Bertz CT molecular complexity index is 897. The first-order valence-electron chi connectivity index (χ1n) is 12.0. The number of sulfonamides is 1. The molecule has 3 rings (SSSR count). The van der Waals surface area contributed by atoms with Crippen LogP contribution in [0.5, 0.6) is 5.75 Å². The number of hydrogen-bond donors (Lipinski definition) is 1. The lowest BCUT2D eigenvalue weighted by molar-refractivity contribution is -0.122. The molecule has 33 heavy (non-hydrogen) atoms. The number of carbonyl (C=O) groups excluding carboxylic acids is 1. The smallest absolute Gasteiger partial charge is 0.243 e. The van der Waals surface area contributed by atoms with E-state index >= 15 is 0 Å². The van der Waals surface area contributed by atoms with Crippen LogP contribution in [0, 0.1) is 13.8 Å². The van der Waals surface area contributed by atoms with Crippen molar-refractivity contribution in [3.8, 4) is 5.75 Å². The van der Waals surface area contributed by atoms with Gasteiger partial charge in [0.1, 0.15) is 5.75 Å². The molecular formula is C24H40N4O4S. The Balaban J connectivity index is 1.47. The number of piperidine rings is 2. The van der Waals surface area contributed by atoms with E-state index in [2.05, 4.69) is 22.2 Å². The summed E-state index contributed by atoms with van der Waals surface area (Å²) < 4.78 is 32.8. The van der Waals surface area contributed by atoms with E-state index < -0.39 is 10.0 Å². The maximum absolute atomic E-state index is 13.1. The molecule has 0 spiro atoms. The summed E-state index contributed by atoms with van der Waals surface area (Å²) in [7, 11) is 1.59. The van der Waals surface area contributed by atoms with E-state index in [1.54, 1.807) is 33.1 Å².